The Morgan fingerprint density at radius 2 is 2.25 bits per heavy atom. The summed E-state index contributed by atoms with van der Waals surface area (Å²) in [6.45, 7) is 0. The number of nitrogens with two attached hydrogens (primary N) is 1. The Labute approximate surface area is 123 Å². The molecule has 0 fully saturated rings. The summed E-state index contributed by atoms with van der Waals surface area (Å²) in [6.07, 6.45) is 0. The van der Waals surface area contributed by atoms with E-state index in [0.717, 1.165) is 4.90 Å². The second-order valence-corrected chi connectivity index (χ2v) is 5.45. The zero-order valence-electron chi connectivity index (χ0n) is 10.2. The smallest absolute Gasteiger partial charge is 0.276 e. The lowest BCUT2D eigenvalue weighted by atomic mass is 10.4. The van der Waals surface area contributed by atoms with Crippen LogP contribution in [0.2, 0.25) is 5.02 Å². The van der Waals surface area contributed by atoms with Gasteiger partial charge in [0.1, 0.15) is 11.5 Å². The quantitative estimate of drug-likeness (QED) is 0.720. The minimum Gasteiger partial charge on any atom is -0.382 e. The van der Waals surface area contributed by atoms with Crippen LogP contribution < -0.4 is 5.73 Å². The largest absolute Gasteiger partial charge is 0.382 e. The molecule has 0 aliphatic carbocycles. The normalized spacial score (nSPS) is 10.8. The predicted molar refractivity (Wildman–Crippen MR) is 77.3 cm³/mol. The summed E-state index contributed by atoms with van der Waals surface area (Å²) in [4.78, 5) is 5.32. The van der Waals surface area contributed by atoms with Crippen molar-refractivity contribution in [3.8, 4) is 11.6 Å². The fourth-order valence-corrected chi connectivity index (χ4v) is 2.63. The number of aromatic nitrogens is 4. The topological polar surface area (TPSA) is 93.6 Å². The summed E-state index contributed by atoms with van der Waals surface area (Å²) in [6, 6.07) is 9.25. The minimum atomic E-state index is 0.371. The Kier molecular flexibility index (Phi) is 3.62. The van der Waals surface area contributed by atoms with E-state index in [0.29, 0.717) is 34.0 Å². The van der Waals surface area contributed by atoms with E-state index in [1.807, 2.05) is 24.3 Å². The molecule has 20 heavy (non-hydrogen) atoms. The number of anilines is 1. The third-order valence-electron chi connectivity index (χ3n) is 2.46. The van der Waals surface area contributed by atoms with Crippen LogP contribution in [0.1, 0.15) is 5.82 Å². The van der Waals surface area contributed by atoms with E-state index in [2.05, 4.69) is 20.3 Å². The minimum absolute atomic E-state index is 0.371. The number of hydrogen-bond donors (Lipinski definition) is 2. The van der Waals surface area contributed by atoms with E-state index < -0.39 is 0 Å². The highest BCUT2D eigenvalue weighted by atomic mass is 35.5. The Morgan fingerprint density at radius 1 is 1.35 bits per heavy atom. The lowest BCUT2D eigenvalue weighted by Gasteiger charge is -1.98. The van der Waals surface area contributed by atoms with Crippen LogP contribution in [0.4, 0.5) is 5.82 Å². The number of aromatic amines is 1. The van der Waals surface area contributed by atoms with Crippen molar-refractivity contribution in [2.75, 3.05) is 5.73 Å². The molecule has 1 aromatic carbocycles. The van der Waals surface area contributed by atoms with Crippen molar-refractivity contribution in [2.45, 2.75) is 10.6 Å². The first-order valence-electron chi connectivity index (χ1n) is 5.73. The van der Waals surface area contributed by atoms with Crippen LogP contribution in [0.15, 0.2) is 39.8 Å². The Bertz CT molecular complexity index is 726. The van der Waals surface area contributed by atoms with E-state index >= 15 is 0 Å². The molecular formula is C12H10ClN5OS. The van der Waals surface area contributed by atoms with Gasteiger partial charge >= 0.3 is 0 Å². The average molecular weight is 308 g/mol. The Morgan fingerprint density at radius 3 is 3.00 bits per heavy atom. The van der Waals surface area contributed by atoms with E-state index in [1.54, 1.807) is 17.8 Å². The van der Waals surface area contributed by atoms with Crippen molar-refractivity contribution in [3.63, 3.8) is 0 Å². The molecule has 0 radical (unpaired) electrons. The first-order chi connectivity index (χ1) is 9.70. The molecule has 8 heteroatoms. The predicted octanol–water partition coefficient (Wildman–Crippen LogP) is 2.99. The van der Waals surface area contributed by atoms with Crippen LogP contribution in [0.5, 0.6) is 0 Å². The molecule has 0 saturated carbocycles. The maximum absolute atomic E-state index is 5.93. The van der Waals surface area contributed by atoms with E-state index in [-0.39, 0.29) is 0 Å². The Hall–Kier alpha value is -1.99. The number of benzene rings is 1. The molecule has 2 aromatic heterocycles. The Balaban J connectivity index is 1.68. The summed E-state index contributed by atoms with van der Waals surface area (Å²) in [7, 11) is 0. The monoisotopic (exact) mass is 307 g/mol. The molecule has 3 N–H and O–H groups in total. The zero-order valence-corrected chi connectivity index (χ0v) is 11.8. The van der Waals surface area contributed by atoms with Crippen molar-refractivity contribution in [1.29, 1.82) is 0 Å². The summed E-state index contributed by atoms with van der Waals surface area (Å²) >= 11 is 7.51. The third-order valence-corrected chi connectivity index (χ3v) is 3.69. The summed E-state index contributed by atoms with van der Waals surface area (Å²) < 4.78 is 5.15. The number of thioether (sulfide) groups is 1. The second-order valence-electron chi connectivity index (χ2n) is 3.97. The number of halogens is 1. The van der Waals surface area contributed by atoms with Gasteiger partial charge in [-0.15, -0.1) is 11.8 Å². The standard InChI is InChI=1S/C12H10ClN5OS/c13-7-2-1-3-8(4-7)20-6-11-15-12(19-18-11)9-5-10(14)17-16-9/h1-5H,6H2,(H3,14,16,17). The number of H-pyrrole nitrogens is 1. The van der Waals surface area contributed by atoms with Gasteiger partial charge in [0.2, 0.25) is 0 Å². The molecule has 6 nitrogen and oxygen atoms in total. The van der Waals surface area contributed by atoms with Crippen LogP contribution >= 0.6 is 23.4 Å². The number of nitrogen functional groups attached to an aromatic ring is 1. The molecule has 3 aromatic rings. The van der Waals surface area contributed by atoms with Crippen molar-refractivity contribution in [1.82, 2.24) is 20.3 Å². The van der Waals surface area contributed by atoms with Gasteiger partial charge in [-0.25, -0.2) is 0 Å². The van der Waals surface area contributed by atoms with Gasteiger partial charge < -0.3 is 10.3 Å². The van der Waals surface area contributed by atoms with Gasteiger partial charge in [-0.3, -0.25) is 5.10 Å². The highest BCUT2D eigenvalue weighted by Crippen LogP contribution is 2.25. The molecule has 0 saturated heterocycles. The molecule has 3 rings (SSSR count). The molecule has 0 amide bonds. The molecule has 0 atom stereocenters. The van der Waals surface area contributed by atoms with Crippen LogP contribution in [0, 0.1) is 0 Å². The lowest BCUT2D eigenvalue weighted by molar-refractivity contribution is 0.424. The molecule has 0 unspecified atom stereocenters. The maximum atomic E-state index is 5.93. The summed E-state index contributed by atoms with van der Waals surface area (Å²) in [5.41, 5.74) is 6.13. The highest BCUT2D eigenvalue weighted by molar-refractivity contribution is 7.98. The van der Waals surface area contributed by atoms with Crippen molar-refractivity contribution in [3.05, 3.63) is 41.2 Å². The second kappa shape index (κ2) is 5.56. The van der Waals surface area contributed by atoms with E-state index in [1.165, 1.54) is 0 Å². The summed E-state index contributed by atoms with van der Waals surface area (Å²) in [5, 5.41) is 11.1. The zero-order chi connectivity index (χ0) is 13.9. The molecule has 0 spiro atoms. The number of nitrogens with zero attached hydrogens (tertiary/aromatic N) is 3. The third kappa shape index (κ3) is 2.94. The molecule has 2 heterocycles. The van der Waals surface area contributed by atoms with Gasteiger partial charge in [0.05, 0.1) is 5.75 Å². The first-order valence-corrected chi connectivity index (χ1v) is 7.09. The van der Waals surface area contributed by atoms with Crippen molar-refractivity contribution >= 4 is 29.2 Å². The van der Waals surface area contributed by atoms with Gasteiger partial charge in [-0.05, 0) is 18.2 Å². The highest BCUT2D eigenvalue weighted by Gasteiger charge is 2.11. The van der Waals surface area contributed by atoms with Crippen molar-refractivity contribution < 1.29 is 4.52 Å². The maximum Gasteiger partial charge on any atom is 0.276 e. The van der Waals surface area contributed by atoms with Gasteiger partial charge in [0.15, 0.2) is 5.82 Å². The molecule has 0 aliphatic heterocycles. The van der Waals surface area contributed by atoms with Gasteiger partial charge in [0.25, 0.3) is 5.89 Å². The van der Waals surface area contributed by atoms with Gasteiger partial charge in [-0.2, -0.15) is 10.1 Å². The molecular weight excluding hydrogens is 298 g/mol. The van der Waals surface area contributed by atoms with Crippen LogP contribution in [0.25, 0.3) is 11.6 Å². The van der Waals surface area contributed by atoms with Gasteiger partial charge in [0, 0.05) is 16.0 Å². The SMILES string of the molecule is Nc1cc(-c2nc(CSc3cccc(Cl)c3)no2)[nH]n1. The van der Waals surface area contributed by atoms with Crippen LogP contribution in [-0.4, -0.2) is 20.3 Å². The van der Waals surface area contributed by atoms with Crippen LogP contribution in [0.3, 0.4) is 0 Å². The number of rotatable bonds is 4. The van der Waals surface area contributed by atoms with Gasteiger partial charge in [-0.1, -0.05) is 22.8 Å². The fraction of sp³-hybridized carbons (Fsp3) is 0.0833. The molecule has 102 valence electrons. The number of nitrogens with one attached hydrogen (secondary N) is 1. The fourth-order valence-electron chi connectivity index (χ4n) is 1.57. The number of hydrogen-bond acceptors (Lipinski definition) is 6. The van der Waals surface area contributed by atoms with Crippen molar-refractivity contribution in [2.24, 2.45) is 0 Å². The summed E-state index contributed by atoms with van der Waals surface area (Å²) in [5.74, 6) is 1.94. The molecule has 0 aliphatic rings. The molecule has 0 bridgehead atoms. The first kappa shape index (κ1) is 13.0. The average Bonchev–Trinajstić information content (AvgIpc) is 3.05. The van der Waals surface area contributed by atoms with E-state index in [4.69, 9.17) is 21.9 Å². The lowest BCUT2D eigenvalue weighted by Crippen LogP contribution is -1.84. The van der Waals surface area contributed by atoms with Crippen LogP contribution in [-0.2, 0) is 5.75 Å². The van der Waals surface area contributed by atoms with E-state index in [9.17, 15) is 0 Å².